The van der Waals surface area contributed by atoms with Crippen molar-refractivity contribution in [3.05, 3.63) is 0 Å². The molecule has 0 aliphatic heterocycles. The van der Waals surface area contributed by atoms with Crippen LogP contribution >= 0.6 is 0 Å². The van der Waals surface area contributed by atoms with E-state index in [0.717, 1.165) is 27.7 Å². The summed E-state index contributed by atoms with van der Waals surface area (Å²) in [5.74, 6) is -3.33. The van der Waals surface area contributed by atoms with Crippen molar-refractivity contribution in [2.45, 2.75) is 27.7 Å². The number of rotatable bonds is 0. The first-order valence-corrected chi connectivity index (χ1v) is 6.39. The molecular formula is C8H20O12Si. The minimum absolute atomic E-state index is 0.833. The molecule has 0 atom stereocenters. The predicted octanol–water partition coefficient (Wildman–Crippen LogP) is -2.25. The topological polar surface area (TPSA) is 230 Å². The number of hydrogen-bond donors (Lipinski definition) is 8. The average Bonchev–Trinajstić information content (AvgIpc) is 1.91. The fraction of sp³-hybridized carbons (Fsp3) is 0.500. The van der Waals surface area contributed by atoms with Gasteiger partial charge in [-0.25, -0.2) is 0 Å². The summed E-state index contributed by atoms with van der Waals surface area (Å²) in [6.07, 6.45) is 0. The summed E-state index contributed by atoms with van der Waals surface area (Å²) in [5, 5.41) is 29.7. The van der Waals surface area contributed by atoms with E-state index >= 15 is 0 Å². The predicted molar refractivity (Wildman–Crippen MR) is 67.9 cm³/mol. The van der Waals surface area contributed by atoms with Crippen molar-refractivity contribution in [2.75, 3.05) is 0 Å². The van der Waals surface area contributed by atoms with Crippen LogP contribution in [0.15, 0.2) is 0 Å². The summed E-state index contributed by atoms with van der Waals surface area (Å²) < 4.78 is 0. The maximum Gasteiger partial charge on any atom is 0.668 e. The molecule has 0 saturated carbocycles. The molecule has 128 valence electrons. The van der Waals surface area contributed by atoms with Gasteiger partial charge in [-0.15, -0.1) is 0 Å². The van der Waals surface area contributed by atoms with Crippen molar-refractivity contribution in [1.29, 1.82) is 0 Å². The zero-order chi connectivity index (χ0) is 18.8. The molecule has 0 heterocycles. The molecule has 0 radical (unpaired) electrons. The fourth-order valence-corrected chi connectivity index (χ4v) is 0. The molecule has 0 spiro atoms. The second kappa shape index (κ2) is 20.3. The molecule has 0 amide bonds. The van der Waals surface area contributed by atoms with Gasteiger partial charge in [0.25, 0.3) is 23.9 Å². The first kappa shape index (κ1) is 31.4. The largest absolute Gasteiger partial charge is 0.668 e. The maximum atomic E-state index is 9.00. The van der Waals surface area contributed by atoms with Gasteiger partial charge in [0, 0.05) is 27.7 Å². The molecule has 21 heavy (non-hydrogen) atoms. The quantitative estimate of drug-likeness (QED) is 0.219. The number of aliphatic carboxylic acids is 4. The van der Waals surface area contributed by atoms with E-state index in [2.05, 4.69) is 0 Å². The van der Waals surface area contributed by atoms with Gasteiger partial charge in [0.05, 0.1) is 0 Å². The molecule has 0 aromatic heterocycles. The minimum atomic E-state index is -4.61. The standard InChI is InChI=1S/4C2H4O2.H4O4Si/c4*1-2(3)4;1-5(2,3)4/h4*1H3,(H,3,4);1-4H. The van der Waals surface area contributed by atoms with Crippen LogP contribution in [-0.4, -0.2) is 72.5 Å². The molecule has 0 aliphatic carbocycles. The minimum Gasteiger partial charge on any atom is -0.481 e. The summed E-state index contributed by atoms with van der Waals surface area (Å²) in [6.45, 7) is 4.33. The van der Waals surface area contributed by atoms with Gasteiger partial charge in [-0.3, -0.25) is 19.2 Å². The maximum absolute atomic E-state index is 9.00. The smallest absolute Gasteiger partial charge is 0.481 e. The van der Waals surface area contributed by atoms with Crippen LogP contribution < -0.4 is 0 Å². The molecule has 0 saturated heterocycles. The van der Waals surface area contributed by atoms with Crippen LogP contribution in [0.3, 0.4) is 0 Å². The Morgan fingerprint density at radius 1 is 0.524 bits per heavy atom. The van der Waals surface area contributed by atoms with E-state index in [4.69, 9.17) is 58.8 Å². The van der Waals surface area contributed by atoms with E-state index in [1.807, 2.05) is 0 Å². The van der Waals surface area contributed by atoms with E-state index in [1.165, 1.54) is 0 Å². The van der Waals surface area contributed by atoms with Crippen LogP contribution in [0.4, 0.5) is 0 Å². The highest BCUT2D eigenvalue weighted by Gasteiger charge is 2.22. The molecule has 8 N–H and O–H groups in total. The van der Waals surface area contributed by atoms with E-state index in [1.54, 1.807) is 0 Å². The molecule has 0 aliphatic rings. The lowest BCUT2D eigenvalue weighted by molar-refractivity contribution is -0.135. The molecule has 12 nitrogen and oxygen atoms in total. The lowest BCUT2D eigenvalue weighted by atomic mass is 10.9. The van der Waals surface area contributed by atoms with Gasteiger partial charge in [-0.2, -0.15) is 0 Å². The van der Waals surface area contributed by atoms with Gasteiger partial charge < -0.3 is 39.6 Å². The first-order chi connectivity index (χ1) is 8.93. The zero-order valence-corrected chi connectivity index (χ0v) is 12.7. The van der Waals surface area contributed by atoms with Crippen LogP contribution in [0, 0.1) is 0 Å². The lowest BCUT2D eigenvalue weighted by Crippen LogP contribution is -2.33. The van der Waals surface area contributed by atoms with Crippen LogP contribution in [0.25, 0.3) is 0 Å². The van der Waals surface area contributed by atoms with Crippen molar-refractivity contribution in [2.24, 2.45) is 0 Å². The number of carboxylic acids is 4. The van der Waals surface area contributed by atoms with E-state index in [-0.39, 0.29) is 0 Å². The Morgan fingerprint density at radius 2 is 0.524 bits per heavy atom. The Morgan fingerprint density at radius 3 is 0.524 bits per heavy atom. The normalized spacial score (nSPS) is 7.62. The van der Waals surface area contributed by atoms with Gasteiger partial charge in [0.2, 0.25) is 0 Å². The van der Waals surface area contributed by atoms with Crippen LogP contribution in [0.2, 0.25) is 0 Å². The van der Waals surface area contributed by atoms with Gasteiger partial charge >= 0.3 is 9.05 Å². The highest BCUT2D eigenvalue weighted by molar-refractivity contribution is 6.46. The molecule has 0 fully saturated rings. The molecular weight excluding hydrogens is 316 g/mol. The van der Waals surface area contributed by atoms with E-state index in [9.17, 15) is 0 Å². The van der Waals surface area contributed by atoms with Crippen molar-refractivity contribution < 1.29 is 58.8 Å². The van der Waals surface area contributed by atoms with Crippen molar-refractivity contribution in [3.63, 3.8) is 0 Å². The molecule has 0 aromatic carbocycles. The van der Waals surface area contributed by atoms with Crippen LogP contribution in [0.5, 0.6) is 0 Å². The summed E-state index contributed by atoms with van der Waals surface area (Å²) >= 11 is 0. The average molecular weight is 336 g/mol. The van der Waals surface area contributed by atoms with Crippen molar-refractivity contribution in [3.8, 4) is 0 Å². The second-order valence-electron chi connectivity index (χ2n) is 2.68. The molecule has 0 aromatic rings. The monoisotopic (exact) mass is 336 g/mol. The summed E-state index contributed by atoms with van der Waals surface area (Å²) in [7, 11) is -4.61. The summed E-state index contributed by atoms with van der Waals surface area (Å²) in [4.78, 5) is 65.3. The molecule has 0 rings (SSSR count). The van der Waals surface area contributed by atoms with E-state index < -0.39 is 32.9 Å². The Hall–Kier alpha value is -2.06. The number of carboxylic acid groups (broad SMARTS) is 4. The Balaban J connectivity index is -0.0000000510. The highest BCUT2D eigenvalue weighted by atomic mass is 28.4. The second-order valence-corrected chi connectivity index (χ2v) is 3.88. The van der Waals surface area contributed by atoms with Gasteiger partial charge in [-0.05, 0) is 0 Å². The van der Waals surface area contributed by atoms with E-state index in [0.29, 0.717) is 0 Å². The van der Waals surface area contributed by atoms with Crippen molar-refractivity contribution in [1.82, 2.24) is 0 Å². The Labute approximate surface area is 120 Å². The molecule has 13 heteroatoms. The first-order valence-electron chi connectivity index (χ1n) is 4.61. The molecule has 0 bridgehead atoms. The molecule has 0 unspecified atom stereocenters. The Kier molecular flexibility index (Phi) is 30.3. The van der Waals surface area contributed by atoms with Crippen molar-refractivity contribution >= 4 is 32.9 Å². The third-order valence-electron chi connectivity index (χ3n) is 0. The third kappa shape index (κ3) is 1070. The van der Waals surface area contributed by atoms with Gasteiger partial charge in [0.15, 0.2) is 0 Å². The lowest BCUT2D eigenvalue weighted by Gasteiger charge is -1.91. The zero-order valence-electron chi connectivity index (χ0n) is 11.7. The van der Waals surface area contributed by atoms with Crippen LogP contribution in [0.1, 0.15) is 27.7 Å². The van der Waals surface area contributed by atoms with Crippen LogP contribution in [-0.2, 0) is 19.2 Å². The fourth-order valence-electron chi connectivity index (χ4n) is 0. The van der Waals surface area contributed by atoms with Gasteiger partial charge in [0.1, 0.15) is 0 Å². The highest BCUT2D eigenvalue weighted by Crippen LogP contribution is 1.67. The summed E-state index contributed by atoms with van der Waals surface area (Å²) in [5.41, 5.74) is 0. The number of carbonyl (C=O) groups is 4. The third-order valence-corrected chi connectivity index (χ3v) is 0. The summed E-state index contributed by atoms with van der Waals surface area (Å²) in [6, 6.07) is 0. The van der Waals surface area contributed by atoms with Gasteiger partial charge in [-0.1, -0.05) is 0 Å². The Bertz CT molecular complexity index is 224. The SMILES string of the molecule is CC(=O)O.CC(=O)O.CC(=O)O.CC(=O)O.O[Si](O)(O)O. The number of hydrogen-bond acceptors (Lipinski definition) is 8.